The predicted molar refractivity (Wildman–Crippen MR) is 82.4 cm³/mol. The van der Waals surface area contributed by atoms with Crippen molar-refractivity contribution >= 4 is 29.1 Å². The van der Waals surface area contributed by atoms with Gasteiger partial charge in [-0.2, -0.15) is 13.2 Å². The minimum atomic E-state index is -4.66. The fourth-order valence-corrected chi connectivity index (χ4v) is 2.53. The SMILES string of the molecule is COCCN1C(C)=CC(=C2C(=O)NC(=S)NC2=O)C=C1C(F)(F)F. The number of carbonyl (C=O) groups excluding carboxylic acids is 2. The van der Waals surface area contributed by atoms with Crippen molar-refractivity contribution < 1.29 is 27.5 Å². The number of alkyl halides is 3. The van der Waals surface area contributed by atoms with Gasteiger partial charge in [0, 0.05) is 19.4 Å². The molecule has 0 aromatic rings. The first-order valence-electron chi connectivity index (χ1n) is 6.79. The van der Waals surface area contributed by atoms with Gasteiger partial charge in [0.05, 0.1) is 6.61 Å². The van der Waals surface area contributed by atoms with E-state index in [0.717, 1.165) is 11.0 Å². The van der Waals surface area contributed by atoms with Gasteiger partial charge in [-0.05, 0) is 36.9 Å². The highest BCUT2D eigenvalue weighted by Gasteiger charge is 2.40. The van der Waals surface area contributed by atoms with Gasteiger partial charge in [-0.25, -0.2) is 0 Å². The van der Waals surface area contributed by atoms with Crippen LogP contribution >= 0.6 is 12.2 Å². The van der Waals surface area contributed by atoms with Gasteiger partial charge >= 0.3 is 6.18 Å². The largest absolute Gasteiger partial charge is 0.431 e. The molecule has 2 N–H and O–H groups in total. The number of nitrogens with zero attached hydrogens (tertiary/aromatic N) is 1. The third-order valence-electron chi connectivity index (χ3n) is 3.38. The Balaban J connectivity index is 2.53. The van der Waals surface area contributed by atoms with Gasteiger partial charge in [0.25, 0.3) is 11.8 Å². The molecule has 0 atom stereocenters. The van der Waals surface area contributed by atoms with Crippen molar-refractivity contribution in [3.05, 3.63) is 34.7 Å². The van der Waals surface area contributed by atoms with E-state index in [1.807, 2.05) is 0 Å². The normalized spacial score (nSPS) is 19.0. The summed E-state index contributed by atoms with van der Waals surface area (Å²) < 4.78 is 44.9. The minimum absolute atomic E-state index is 0.0186. The number of hydrogen-bond donors (Lipinski definition) is 2. The summed E-state index contributed by atoms with van der Waals surface area (Å²) in [6, 6.07) is 0. The third-order valence-corrected chi connectivity index (χ3v) is 3.58. The lowest BCUT2D eigenvalue weighted by Gasteiger charge is -2.32. The first-order valence-corrected chi connectivity index (χ1v) is 7.20. The van der Waals surface area contributed by atoms with Gasteiger partial charge in [-0.3, -0.25) is 20.2 Å². The van der Waals surface area contributed by atoms with E-state index in [-0.39, 0.29) is 29.5 Å². The van der Waals surface area contributed by atoms with E-state index in [9.17, 15) is 22.8 Å². The molecular formula is C14H14F3N3O3S. The van der Waals surface area contributed by atoms with Crippen LogP contribution in [-0.2, 0) is 14.3 Å². The summed E-state index contributed by atoms with van der Waals surface area (Å²) in [5.41, 5.74) is -1.30. The predicted octanol–water partition coefficient (Wildman–Crippen LogP) is 1.13. The van der Waals surface area contributed by atoms with Crippen LogP contribution in [0.15, 0.2) is 34.7 Å². The first kappa shape index (κ1) is 18.1. The molecule has 1 fully saturated rings. The van der Waals surface area contributed by atoms with E-state index in [0.29, 0.717) is 0 Å². The summed E-state index contributed by atoms with van der Waals surface area (Å²) in [6.45, 7) is 1.52. The summed E-state index contributed by atoms with van der Waals surface area (Å²) in [6.07, 6.45) is -2.55. The van der Waals surface area contributed by atoms with E-state index in [1.54, 1.807) is 0 Å². The van der Waals surface area contributed by atoms with E-state index in [2.05, 4.69) is 22.9 Å². The Morgan fingerprint density at radius 3 is 2.29 bits per heavy atom. The van der Waals surface area contributed by atoms with Crippen LogP contribution in [0.5, 0.6) is 0 Å². The smallest absolute Gasteiger partial charge is 0.383 e. The number of thiocarbonyl (C=S) groups is 1. The monoisotopic (exact) mass is 361 g/mol. The lowest BCUT2D eigenvalue weighted by atomic mass is 9.99. The van der Waals surface area contributed by atoms with Crippen LogP contribution < -0.4 is 10.6 Å². The van der Waals surface area contributed by atoms with Crippen molar-refractivity contribution in [2.24, 2.45) is 0 Å². The summed E-state index contributed by atoms with van der Waals surface area (Å²) in [4.78, 5) is 24.9. The molecular weight excluding hydrogens is 347 g/mol. The molecule has 0 aliphatic carbocycles. The molecule has 2 aliphatic heterocycles. The van der Waals surface area contributed by atoms with Gasteiger partial charge in [-0.15, -0.1) is 0 Å². The second-order valence-electron chi connectivity index (χ2n) is 5.03. The molecule has 2 rings (SSSR count). The van der Waals surface area contributed by atoms with Crippen LogP contribution in [0.4, 0.5) is 13.2 Å². The highest BCUT2D eigenvalue weighted by molar-refractivity contribution is 7.80. The minimum Gasteiger partial charge on any atom is -0.383 e. The van der Waals surface area contributed by atoms with Crippen molar-refractivity contribution in [2.45, 2.75) is 13.1 Å². The molecule has 6 nitrogen and oxygen atoms in total. The molecule has 0 unspecified atom stereocenters. The Morgan fingerprint density at radius 2 is 1.79 bits per heavy atom. The first-order chi connectivity index (χ1) is 11.1. The highest BCUT2D eigenvalue weighted by atomic mass is 32.1. The van der Waals surface area contributed by atoms with Crippen LogP contribution in [0.2, 0.25) is 0 Å². The molecule has 24 heavy (non-hydrogen) atoms. The molecule has 2 amide bonds. The number of ether oxygens (including phenoxy) is 1. The summed E-state index contributed by atoms with van der Waals surface area (Å²) in [5.74, 6) is -1.68. The number of allylic oxidation sites excluding steroid dienone is 5. The molecule has 130 valence electrons. The quantitative estimate of drug-likeness (QED) is 0.448. The van der Waals surface area contributed by atoms with Gasteiger partial charge in [0.2, 0.25) is 0 Å². The summed E-state index contributed by atoms with van der Waals surface area (Å²) in [5, 5.41) is 4.21. The lowest BCUT2D eigenvalue weighted by molar-refractivity contribution is -0.123. The number of nitrogens with one attached hydrogen (secondary N) is 2. The van der Waals surface area contributed by atoms with Crippen LogP contribution in [0, 0.1) is 0 Å². The molecule has 0 saturated carbocycles. The van der Waals surface area contributed by atoms with Crippen LogP contribution in [0.3, 0.4) is 0 Å². The van der Waals surface area contributed by atoms with E-state index >= 15 is 0 Å². The van der Waals surface area contributed by atoms with Crippen molar-refractivity contribution in [3.8, 4) is 0 Å². The lowest BCUT2D eigenvalue weighted by Crippen LogP contribution is -2.51. The molecule has 1 saturated heterocycles. The Hall–Kier alpha value is -2.20. The molecule has 0 bridgehead atoms. The van der Waals surface area contributed by atoms with E-state index in [4.69, 9.17) is 4.74 Å². The number of halogens is 3. The summed E-state index contributed by atoms with van der Waals surface area (Å²) >= 11 is 4.67. The van der Waals surface area contributed by atoms with Crippen molar-refractivity contribution in [2.75, 3.05) is 20.3 Å². The molecule has 0 spiro atoms. The number of rotatable bonds is 3. The summed E-state index contributed by atoms with van der Waals surface area (Å²) in [7, 11) is 1.38. The second kappa shape index (κ2) is 6.73. The zero-order valence-corrected chi connectivity index (χ0v) is 13.6. The maximum Gasteiger partial charge on any atom is 0.431 e. The standard InChI is InChI=1S/C14H14F3N3O3S/c1-7-5-8(10-11(21)18-13(24)19-12(10)22)6-9(14(15,16)17)20(7)3-4-23-2/h5-6H,3-4H2,1-2H3,(H2,18,19,21,22,24). The molecule has 2 heterocycles. The fourth-order valence-electron chi connectivity index (χ4n) is 2.35. The van der Waals surface area contributed by atoms with Crippen LogP contribution in [0.25, 0.3) is 0 Å². The Labute approximate surface area is 141 Å². The number of methoxy groups -OCH3 is 1. The zero-order valence-electron chi connectivity index (χ0n) is 12.8. The molecule has 10 heteroatoms. The fraction of sp³-hybridized carbons (Fsp3) is 0.357. The van der Waals surface area contributed by atoms with Gasteiger partial charge < -0.3 is 9.64 Å². The number of carbonyl (C=O) groups is 2. The maximum atomic E-state index is 13.4. The Morgan fingerprint density at radius 1 is 1.21 bits per heavy atom. The molecule has 0 radical (unpaired) electrons. The Bertz CT molecular complexity index is 673. The van der Waals surface area contributed by atoms with E-state index < -0.39 is 29.3 Å². The van der Waals surface area contributed by atoms with Gasteiger partial charge in [0.1, 0.15) is 11.3 Å². The molecule has 2 aliphatic rings. The van der Waals surface area contributed by atoms with Gasteiger partial charge in [0.15, 0.2) is 5.11 Å². The highest BCUT2D eigenvalue weighted by Crippen LogP contribution is 2.36. The zero-order chi connectivity index (χ0) is 18.1. The van der Waals surface area contributed by atoms with Crippen molar-refractivity contribution in [1.82, 2.24) is 15.5 Å². The number of amides is 2. The Kier molecular flexibility index (Phi) is 5.09. The maximum absolute atomic E-state index is 13.4. The third kappa shape index (κ3) is 3.65. The van der Waals surface area contributed by atoms with Crippen LogP contribution in [-0.4, -0.2) is 48.3 Å². The van der Waals surface area contributed by atoms with Crippen LogP contribution in [0.1, 0.15) is 6.92 Å². The van der Waals surface area contributed by atoms with Crippen molar-refractivity contribution in [1.29, 1.82) is 0 Å². The van der Waals surface area contributed by atoms with Crippen molar-refractivity contribution in [3.63, 3.8) is 0 Å². The van der Waals surface area contributed by atoms with Gasteiger partial charge in [-0.1, -0.05) is 0 Å². The number of hydrogen-bond acceptors (Lipinski definition) is 5. The average molecular weight is 361 g/mol. The average Bonchev–Trinajstić information content (AvgIpc) is 2.43. The van der Waals surface area contributed by atoms with E-state index in [1.165, 1.54) is 20.1 Å². The molecule has 0 aromatic carbocycles. The molecule has 0 aromatic heterocycles. The second-order valence-corrected chi connectivity index (χ2v) is 5.43. The topological polar surface area (TPSA) is 70.7 Å².